The van der Waals surface area contributed by atoms with Crippen LogP contribution in [0.3, 0.4) is 0 Å². The minimum atomic E-state index is -1.19. The number of hydrogen-bond donors (Lipinski definition) is 1. The van der Waals surface area contributed by atoms with E-state index in [9.17, 15) is 8.60 Å². The highest BCUT2D eigenvalue weighted by Crippen LogP contribution is 2.14. The Labute approximate surface area is 113 Å². The minimum absolute atomic E-state index is 0.313. The molecular weight excluding hydrogens is 265 g/mol. The zero-order valence-electron chi connectivity index (χ0n) is 10.2. The van der Waals surface area contributed by atoms with Gasteiger partial charge in [-0.1, -0.05) is 6.07 Å². The topological polar surface area (TPSA) is 52.3 Å². The summed E-state index contributed by atoms with van der Waals surface area (Å²) in [4.78, 5) is 0.595. The van der Waals surface area contributed by atoms with Crippen molar-refractivity contribution in [2.24, 2.45) is 0 Å². The van der Waals surface area contributed by atoms with Gasteiger partial charge >= 0.3 is 0 Å². The zero-order valence-corrected chi connectivity index (χ0v) is 11.0. The Morgan fingerprint density at radius 1 is 1.16 bits per heavy atom. The maximum absolute atomic E-state index is 12.7. The van der Waals surface area contributed by atoms with E-state index < -0.39 is 10.8 Å². The maximum Gasteiger partial charge on any atom is 0.123 e. The number of ether oxygens (including phenoxy) is 1. The average molecular weight is 279 g/mol. The second kappa shape index (κ2) is 6.33. The summed E-state index contributed by atoms with van der Waals surface area (Å²) in [5, 5.41) is 0. The largest absolute Gasteiger partial charge is 0.493 e. The molecule has 0 fully saturated rings. The number of hydrogen-bond acceptors (Lipinski definition) is 3. The molecule has 5 heteroatoms. The summed E-state index contributed by atoms with van der Waals surface area (Å²) in [5.74, 6) is 0.660. The first-order chi connectivity index (χ1) is 9.15. The van der Waals surface area contributed by atoms with E-state index in [-0.39, 0.29) is 5.82 Å². The molecule has 2 N–H and O–H groups in total. The van der Waals surface area contributed by atoms with Crippen molar-refractivity contribution >= 4 is 16.5 Å². The lowest BCUT2D eigenvalue weighted by molar-refractivity contribution is 0.343. The minimum Gasteiger partial charge on any atom is -0.493 e. The van der Waals surface area contributed by atoms with Crippen molar-refractivity contribution in [3.8, 4) is 5.75 Å². The lowest BCUT2D eigenvalue weighted by Gasteiger charge is -2.06. The van der Waals surface area contributed by atoms with Gasteiger partial charge in [-0.15, -0.1) is 0 Å². The number of rotatable bonds is 5. The van der Waals surface area contributed by atoms with Crippen LogP contribution in [0.5, 0.6) is 5.75 Å². The average Bonchev–Trinajstić information content (AvgIpc) is 2.39. The van der Waals surface area contributed by atoms with Gasteiger partial charge in [-0.2, -0.15) is 0 Å². The highest BCUT2D eigenvalue weighted by molar-refractivity contribution is 7.85. The van der Waals surface area contributed by atoms with Crippen LogP contribution >= 0.6 is 0 Å². The van der Waals surface area contributed by atoms with Crippen molar-refractivity contribution in [1.82, 2.24) is 0 Å². The van der Waals surface area contributed by atoms with Gasteiger partial charge in [0.15, 0.2) is 0 Å². The molecule has 0 saturated heterocycles. The molecule has 0 aliphatic heterocycles. The Bertz CT molecular complexity index is 572. The third-order valence-electron chi connectivity index (χ3n) is 2.47. The molecule has 0 bridgehead atoms. The summed E-state index contributed by atoms with van der Waals surface area (Å²) >= 11 is 0. The molecule has 2 aromatic carbocycles. The summed E-state index contributed by atoms with van der Waals surface area (Å²) in [7, 11) is -1.19. The molecule has 0 aliphatic carbocycles. The standard InChI is InChI=1S/C14H14FNO2S/c15-11-4-6-14(7-5-11)19(17)9-8-18-13-3-1-2-12(16)10-13/h1-7,10H,8-9,16H2. The van der Waals surface area contributed by atoms with E-state index in [0.29, 0.717) is 28.7 Å². The van der Waals surface area contributed by atoms with Crippen LogP contribution in [0, 0.1) is 5.82 Å². The molecule has 0 amide bonds. The molecule has 0 saturated carbocycles. The Morgan fingerprint density at radius 2 is 1.89 bits per heavy atom. The van der Waals surface area contributed by atoms with Crippen molar-refractivity contribution in [2.75, 3.05) is 18.1 Å². The molecule has 19 heavy (non-hydrogen) atoms. The SMILES string of the molecule is Nc1cccc(OCCS(=O)c2ccc(F)cc2)c1. The normalized spacial score (nSPS) is 12.1. The molecule has 0 heterocycles. The van der Waals surface area contributed by atoms with Crippen LogP contribution in [0.2, 0.25) is 0 Å². The molecule has 100 valence electrons. The van der Waals surface area contributed by atoms with E-state index >= 15 is 0 Å². The van der Waals surface area contributed by atoms with Gasteiger partial charge in [0, 0.05) is 16.6 Å². The lowest BCUT2D eigenvalue weighted by atomic mass is 10.3. The van der Waals surface area contributed by atoms with Gasteiger partial charge in [-0.25, -0.2) is 4.39 Å². The smallest absolute Gasteiger partial charge is 0.123 e. The molecule has 0 spiro atoms. The van der Waals surface area contributed by atoms with Crippen LogP contribution in [-0.2, 0) is 10.8 Å². The number of nitrogen functional groups attached to an aromatic ring is 1. The third-order valence-corrected chi connectivity index (χ3v) is 3.81. The second-order valence-electron chi connectivity index (χ2n) is 3.92. The molecule has 1 unspecified atom stereocenters. The molecule has 2 rings (SSSR count). The van der Waals surface area contributed by atoms with Crippen LogP contribution < -0.4 is 10.5 Å². The van der Waals surface area contributed by atoms with Crippen molar-refractivity contribution in [3.05, 3.63) is 54.3 Å². The predicted molar refractivity (Wildman–Crippen MR) is 74.0 cm³/mol. The quantitative estimate of drug-likeness (QED) is 0.856. The highest BCUT2D eigenvalue weighted by Gasteiger charge is 2.04. The van der Waals surface area contributed by atoms with E-state index in [1.165, 1.54) is 24.3 Å². The fourth-order valence-corrected chi connectivity index (χ4v) is 2.45. The van der Waals surface area contributed by atoms with Gasteiger partial charge in [0.2, 0.25) is 0 Å². The highest BCUT2D eigenvalue weighted by atomic mass is 32.2. The first kappa shape index (κ1) is 13.5. The van der Waals surface area contributed by atoms with Gasteiger partial charge in [0.05, 0.1) is 16.6 Å². The van der Waals surface area contributed by atoms with Crippen LogP contribution in [0.25, 0.3) is 0 Å². The Kier molecular flexibility index (Phi) is 4.52. The lowest BCUT2D eigenvalue weighted by Crippen LogP contribution is -2.08. The molecular formula is C14H14FNO2S. The second-order valence-corrected chi connectivity index (χ2v) is 5.50. The van der Waals surface area contributed by atoms with Crippen molar-refractivity contribution in [2.45, 2.75) is 4.90 Å². The molecule has 2 aromatic rings. The van der Waals surface area contributed by atoms with Crippen molar-refractivity contribution < 1.29 is 13.3 Å². The number of halogens is 1. The molecule has 0 aliphatic rings. The summed E-state index contributed by atoms with van der Waals surface area (Å²) in [5.41, 5.74) is 6.24. The number of anilines is 1. The number of benzene rings is 2. The predicted octanol–water partition coefficient (Wildman–Crippen LogP) is 2.59. The summed E-state index contributed by atoms with van der Waals surface area (Å²) in [6.45, 7) is 0.313. The van der Waals surface area contributed by atoms with Crippen LogP contribution in [0.4, 0.5) is 10.1 Å². The summed E-state index contributed by atoms with van der Waals surface area (Å²) in [6, 6.07) is 12.7. The monoisotopic (exact) mass is 279 g/mol. The molecule has 0 aromatic heterocycles. The molecule has 0 radical (unpaired) electrons. The van der Waals surface area contributed by atoms with E-state index in [4.69, 9.17) is 10.5 Å². The summed E-state index contributed by atoms with van der Waals surface area (Å²) < 4.78 is 30.1. The molecule has 1 atom stereocenters. The summed E-state index contributed by atoms with van der Waals surface area (Å²) in [6.07, 6.45) is 0. The first-order valence-corrected chi connectivity index (χ1v) is 7.09. The van der Waals surface area contributed by atoms with Crippen molar-refractivity contribution in [1.29, 1.82) is 0 Å². The fraction of sp³-hybridized carbons (Fsp3) is 0.143. The van der Waals surface area contributed by atoms with Gasteiger partial charge in [-0.3, -0.25) is 4.21 Å². The van der Waals surface area contributed by atoms with Crippen LogP contribution in [0.15, 0.2) is 53.4 Å². The maximum atomic E-state index is 12.7. The van der Waals surface area contributed by atoms with Gasteiger partial charge in [0.1, 0.15) is 18.2 Å². The van der Waals surface area contributed by atoms with Gasteiger partial charge in [0.25, 0.3) is 0 Å². The third kappa shape index (κ3) is 4.06. The zero-order chi connectivity index (χ0) is 13.7. The van der Waals surface area contributed by atoms with Crippen LogP contribution in [-0.4, -0.2) is 16.6 Å². The Morgan fingerprint density at radius 3 is 2.58 bits per heavy atom. The first-order valence-electron chi connectivity index (χ1n) is 5.77. The van der Waals surface area contributed by atoms with E-state index in [1.807, 2.05) is 0 Å². The van der Waals surface area contributed by atoms with Gasteiger partial charge in [-0.05, 0) is 36.4 Å². The van der Waals surface area contributed by atoms with Gasteiger partial charge < -0.3 is 10.5 Å². The van der Waals surface area contributed by atoms with E-state index in [2.05, 4.69) is 0 Å². The van der Waals surface area contributed by atoms with E-state index in [1.54, 1.807) is 24.3 Å². The van der Waals surface area contributed by atoms with Crippen LogP contribution in [0.1, 0.15) is 0 Å². The Hall–Kier alpha value is -1.88. The number of nitrogens with two attached hydrogens (primary N) is 1. The molecule has 3 nitrogen and oxygen atoms in total. The fourth-order valence-electron chi connectivity index (χ4n) is 1.54. The van der Waals surface area contributed by atoms with Crippen molar-refractivity contribution in [3.63, 3.8) is 0 Å². The Balaban J connectivity index is 1.86. The van der Waals surface area contributed by atoms with E-state index in [0.717, 1.165) is 0 Å².